The largest absolute Gasteiger partial charge is 0.314 e. The van der Waals surface area contributed by atoms with Gasteiger partial charge in [0.05, 0.1) is 0 Å². The van der Waals surface area contributed by atoms with Crippen LogP contribution in [-0.4, -0.2) is 30.6 Å². The monoisotopic (exact) mass is 276 g/mol. The second-order valence-electron chi connectivity index (χ2n) is 6.52. The number of rotatable bonds is 5. The van der Waals surface area contributed by atoms with Gasteiger partial charge in [0.15, 0.2) is 0 Å². The molecule has 3 heteroatoms. The highest BCUT2D eigenvalue weighted by molar-refractivity contribution is 5.25. The molecule has 0 amide bonds. The topological polar surface area (TPSA) is 15.3 Å². The van der Waals surface area contributed by atoms with Gasteiger partial charge in [0.1, 0.15) is 5.82 Å². The Morgan fingerprint density at radius 3 is 2.85 bits per heavy atom. The minimum Gasteiger partial charge on any atom is -0.314 e. The molecule has 20 heavy (non-hydrogen) atoms. The minimum atomic E-state index is -0.0829. The standard InChI is InChI=1S/C17H25FN2/c1-12-3-4-15(9-17(12)18)13(2)20-8-7-14(11-20)10-19-16-5-6-16/h3-4,9,13-14,16,19H,5-8,10-11H2,1-2H3. The fourth-order valence-corrected chi connectivity index (χ4v) is 3.08. The van der Waals surface area contributed by atoms with Gasteiger partial charge in [-0.3, -0.25) is 4.90 Å². The van der Waals surface area contributed by atoms with Gasteiger partial charge in [-0.25, -0.2) is 4.39 Å². The van der Waals surface area contributed by atoms with Crippen LogP contribution in [0.4, 0.5) is 4.39 Å². The first-order chi connectivity index (χ1) is 9.63. The summed E-state index contributed by atoms with van der Waals surface area (Å²) in [5.41, 5.74) is 1.83. The Balaban J connectivity index is 1.56. The highest BCUT2D eigenvalue weighted by Crippen LogP contribution is 2.28. The summed E-state index contributed by atoms with van der Waals surface area (Å²) in [5.74, 6) is 0.675. The van der Waals surface area contributed by atoms with Crippen molar-refractivity contribution in [3.8, 4) is 0 Å². The van der Waals surface area contributed by atoms with Crippen LogP contribution in [0.2, 0.25) is 0 Å². The summed E-state index contributed by atoms with van der Waals surface area (Å²) >= 11 is 0. The molecule has 1 saturated carbocycles. The number of benzene rings is 1. The van der Waals surface area contributed by atoms with Crippen molar-refractivity contribution in [1.82, 2.24) is 10.2 Å². The molecule has 2 nitrogen and oxygen atoms in total. The third-order valence-corrected chi connectivity index (χ3v) is 4.82. The highest BCUT2D eigenvalue weighted by atomic mass is 19.1. The molecule has 1 aromatic rings. The summed E-state index contributed by atoms with van der Waals surface area (Å²) in [6, 6.07) is 6.78. The molecule has 1 aliphatic carbocycles. The quantitative estimate of drug-likeness (QED) is 0.888. The van der Waals surface area contributed by atoms with E-state index in [9.17, 15) is 4.39 Å². The lowest BCUT2D eigenvalue weighted by Gasteiger charge is -2.25. The molecular weight excluding hydrogens is 251 g/mol. The molecule has 2 aliphatic rings. The van der Waals surface area contributed by atoms with Crippen LogP contribution < -0.4 is 5.32 Å². The molecule has 1 N–H and O–H groups in total. The molecule has 3 rings (SSSR count). The normalized spacial score (nSPS) is 25.1. The van der Waals surface area contributed by atoms with Gasteiger partial charge in [-0.2, -0.15) is 0 Å². The minimum absolute atomic E-state index is 0.0829. The summed E-state index contributed by atoms with van der Waals surface area (Å²) < 4.78 is 13.7. The molecule has 0 bridgehead atoms. The predicted molar refractivity (Wildman–Crippen MR) is 80.3 cm³/mol. The number of likely N-dealkylation sites (tertiary alicyclic amines) is 1. The molecule has 2 fully saturated rings. The summed E-state index contributed by atoms with van der Waals surface area (Å²) in [6.07, 6.45) is 3.98. The zero-order valence-corrected chi connectivity index (χ0v) is 12.5. The number of hydrogen-bond acceptors (Lipinski definition) is 2. The fourth-order valence-electron chi connectivity index (χ4n) is 3.08. The summed E-state index contributed by atoms with van der Waals surface area (Å²) in [6.45, 7) is 7.43. The van der Waals surface area contributed by atoms with E-state index in [4.69, 9.17) is 0 Å². The van der Waals surface area contributed by atoms with Crippen LogP contribution in [0.1, 0.15) is 43.4 Å². The van der Waals surface area contributed by atoms with Crippen molar-refractivity contribution in [3.63, 3.8) is 0 Å². The molecule has 0 aromatic heterocycles. The van der Waals surface area contributed by atoms with Gasteiger partial charge in [0.2, 0.25) is 0 Å². The maximum atomic E-state index is 13.7. The average Bonchev–Trinajstić information content (AvgIpc) is 3.16. The van der Waals surface area contributed by atoms with Gasteiger partial charge in [-0.15, -0.1) is 0 Å². The Kier molecular flexibility index (Phi) is 4.08. The summed E-state index contributed by atoms with van der Waals surface area (Å²) in [4.78, 5) is 2.49. The predicted octanol–water partition coefficient (Wildman–Crippen LogP) is 3.27. The average molecular weight is 276 g/mol. The lowest BCUT2D eigenvalue weighted by molar-refractivity contribution is 0.251. The van der Waals surface area contributed by atoms with Crippen molar-refractivity contribution in [1.29, 1.82) is 0 Å². The molecule has 2 unspecified atom stereocenters. The Bertz CT molecular complexity index is 470. The molecule has 1 heterocycles. The maximum absolute atomic E-state index is 13.7. The SMILES string of the molecule is Cc1ccc(C(C)N2CCC(CNC3CC3)C2)cc1F. The zero-order chi connectivity index (χ0) is 14.1. The van der Waals surface area contributed by atoms with Gasteiger partial charge in [0, 0.05) is 18.6 Å². The summed E-state index contributed by atoms with van der Waals surface area (Å²) in [7, 11) is 0. The van der Waals surface area contributed by atoms with Crippen LogP contribution in [0.5, 0.6) is 0 Å². The lowest BCUT2D eigenvalue weighted by atomic mass is 10.0. The number of hydrogen-bond donors (Lipinski definition) is 1. The van der Waals surface area contributed by atoms with Crippen LogP contribution in [0.3, 0.4) is 0 Å². The molecule has 110 valence electrons. The Hall–Kier alpha value is -0.930. The second kappa shape index (κ2) is 5.82. The zero-order valence-electron chi connectivity index (χ0n) is 12.5. The number of nitrogens with one attached hydrogen (secondary N) is 1. The molecule has 1 aliphatic heterocycles. The first-order valence-electron chi connectivity index (χ1n) is 7.87. The number of aryl methyl sites for hydroxylation is 1. The van der Waals surface area contributed by atoms with Crippen molar-refractivity contribution >= 4 is 0 Å². The van der Waals surface area contributed by atoms with Gasteiger partial charge in [-0.05, 0) is 69.3 Å². The van der Waals surface area contributed by atoms with E-state index in [1.54, 1.807) is 6.07 Å². The van der Waals surface area contributed by atoms with Crippen LogP contribution in [0.15, 0.2) is 18.2 Å². The Morgan fingerprint density at radius 2 is 2.15 bits per heavy atom. The van der Waals surface area contributed by atoms with E-state index < -0.39 is 0 Å². The van der Waals surface area contributed by atoms with Crippen molar-refractivity contribution < 1.29 is 4.39 Å². The molecule has 1 aromatic carbocycles. The van der Waals surface area contributed by atoms with E-state index in [-0.39, 0.29) is 5.82 Å². The molecule has 1 saturated heterocycles. The van der Waals surface area contributed by atoms with Crippen molar-refractivity contribution in [2.24, 2.45) is 5.92 Å². The second-order valence-corrected chi connectivity index (χ2v) is 6.52. The third kappa shape index (κ3) is 3.21. The first-order valence-corrected chi connectivity index (χ1v) is 7.87. The van der Waals surface area contributed by atoms with Crippen molar-refractivity contribution in [3.05, 3.63) is 35.1 Å². The molecule has 0 spiro atoms. The lowest BCUT2D eigenvalue weighted by Crippen LogP contribution is -2.29. The van der Waals surface area contributed by atoms with Gasteiger partial charge in [-0.1, -0.05) is 12.1 Å². The fraction of sp³-hybridized carbons (Fsp3) is 0.647. The van der Waals surface area contributed by atoms with Crippen molar-refractivity contribution in [2.45, 2.75) is 45.2 Å². The summed E-state index contributed by atoms with van der Waals surface area (Å²) in [5, 5.41) is 3.63. The van der Waals surface area contributed by atoms with E-state index >= 15 is 0 Å². The van der Waals surface area contributed by atoms with Crippen LogP contribution in [0.25, 0.3) is 0 Å². The van der Waals surface area contributed by atoms with Crippen LogP contribution >= 0.6 is 0 Å². The number of halogens is 1. The van der Waals surface area contributed by atoms with E-state index in [2.05, 4.69) is 23.2 Å². The Morgan fingerprint density at radius 1 is 1.35 bits per heavy atom. The third-order valence-electron chi connectivity index (χ3n) is 4.82. The maximum Gasteiger partial charge on any atom is 0.126 e. The smallest absolute Gasteiger partial charge is 0.126 e. The molecule has 2 atom stereocenters. The first kappa shape index (κ1) is 14.0. The Labute approximate surface area is 121 Å². The molecular formula is C17H25FN2. The van der Waals surface area contributed by atoms with Gasteiger partial charge >= 0.3 is 0 Å². The van der Waals surface area contributed by atoms with Crippen molar-refractivity contribution in [2.75, 3.05) is 19.6 Å². The van der Waals surface area contributed by atoms with Crippen LogP contribution in [0, 0.1) is 18.7 Å². The van der Waals surface area contributed by atoms with E-state index in [0.717, 1.165) is 42.7 Å². The van der Waals surface area contributed by atoms with Crippen LogP contribution in [-0.2, 0) is 0 Å². The van der Waals surface area contributed by atoms with E-state index in [1.165, 1.54) is 19.3 Å². The van der Waals surface area contributed by atoms with Gasteiger partial charge < -0.3 is 5.32 Å². The highest BCUT2D eigenvalue weighted by Gasteiger charge is 2.28. The van der Waals surface area contributed by atoms with E-state index in [1.807, 2.05) is 13.0 Å². The van der Waals surface area contributed by atoms with E-state index in [0.29, 0.717) is 6.04 Å². The van der Waals surface area contributed by atoms with Gasteiger partial charge in [0.25, 0.3) is 0 Å². The molecule has 0 radical (unpaired) electrons. The number of nitrogens with zero attached hydrogens (tertiary/aromatic N) is 1.